The number of rotatable bonds is 13. The Morgan fingerprint density at radius 1 is 0.609 bits per heavy atom. The van der Waals surface area contributed by atoms with Gasteiger partial charge >= 0.3 is 0 Å². The second-order valence-corrected chi connectivity index (χ2v) is 14.2. The lowest BCUT2D eigenvalue weighted by Gasteiger charge is -2.43. The number of aliphatic hydroxyl groups excluding tert-OH is 1. The van der Waals surface area contributed by atoms with E-state index in [1.165, 1.54) is 24.3 Å². The molecule has 0 bridgehead atoms. The Kier molecular flexibility index (Phi) is 11.0. The van der Waals surface area contributed by atoms with Crippen LogP contribution in [0, 0.1) is 13.8 Å². The van der Waals surface area contributed by atoms with Crippen molar-refractivity contribution in [3.05, 3.63) is 131 Å². The van der Waals surface area contributed by atoms with Crippen LogP contribution in [0.3, 0.4) is 0 Å². The van der Waals surface area contributed by atoms with Gasteiger partial charge in [-0.05, 0) is 49.2 Å². The van der Waals surface area contributed by atoms with Gasteiger partial charge in [-0.25, -0.2) is 0 Å². The molecule has 1 heterocycles. The maximum atomic E-state index is 13.4. The molecule has 10 nitrogen and oxygen atoms in total. The van der Waals surface area contributed by atoms with E-state index in [9.17, 15) is 21.9 Å². The third kappa shape index (κ3) is 8.66. The van der Waals surface area contributed by atoms with Gasteiger partial charge in [0.1, 0.15) is 18.3 Å². The summed E-state index contributed by atoms with van der Waals surface area (Å²) in [5, 5.41) is 11.2. The molecule has 0 aliphatic carbocycles. The fourth-order valence-corrected chi connectivity index (χ4v) is 6.89. The molecule has 5 rings (SSSR count). The van der Waals surface area contributed by atoms with Crippen LogP contribution >= 0.6 is 0 Å². The van der Waals surface area contributed by atoms with Crippen LogP contribution in [0.2, 0.25) is 0 Å². The number of aliphatic hydroxyl groups is 1. The monoisotopic (exact) mass is 668 g/mol. The van der Waals surface area contributed by atoms with Gasteiger partial charge in [0.2, 0.25) is 0 Å². The van der Waals surface area contributed by atoms with Crippen LogP contribution in [0.1, 0.15) is 22.3 Å². The van der Waals surface area contributed by atoms with E-state index < -0.39 is 57.5 Å². The topological polar surface area (TPSA) is 135 Å². The predicted octanol–water partition coefficient (Wildman–Crippen LogP) is 4.67. The van der Waals surface area contributed by atoms with Crippen LogP contribution in [-0.4, -0.2) is 59.3 Å². The molecule has 244 valence electrons. The molecular weight excluding hydrogens is 632 g/mol. The van der Waals surface area contributed by atoms with Crippen molar-refractivity contribution in [1.82, 2.24) is 0 Å². The maximum absolute atomic E-state index is 13.4. The molecule has 0 aromatic heterocycles. The maximum Gasteiger partial charge on any atom is 0.297 e. The Morgan fingerprint density at radius 3 is 1.57 bits per heavy atom. The van der Waals surface area contributed by atoms with Crippen LogP contribution in [0.4, 0.5) is 0 Å². The first-order valence-electron chi connectivity index (χ1n) is 14.6. The van der Waals surface area contributed by atoms with E-state index in [1.54, 1.807) is 24.3 Å². The van der Waals surface area contributed by atoms with Crippen molar-refractivity contribution in [2.75, 3.05) is 6.61 Å². The van der Waals surface area contributed by atoms with Gasteiger partial charge in [-0.2, -0.15) is 16.8 Å². The van der Waals surface area contributed by atoms with Gasteiger partial charge in [0.25, 0.3) is 20.2 Å². The zero-order valence-corrected chi connectivity index (χ0v) is 27.0. The standard InChI is InChI=1S/C34H36O10S2/c1-24-13-17-28(18-14-24)45(36,37)42-23-30-31(40-21-26-9-5-3-6-10-26)32(41-22-27-11-7-4-8-12-27)33(34(35)43-30)44-46(38,39)29-19-15-25(2)16-20-29/h3-20,30-35H,21-23H2,1-2H3/t30-,31-,32+,33-,34+/m1/s1. The van der Waals surface area contributed by atoms with Crippen LogP contribution in [0.25, 0.3) is 0 Å². The SMILES string of the molecule is Cc1ccc(S(=O)(=O)OC[C@H]2O[C@H](O)[C@H](OS(=O)(=O)c3ccc(C)cc3)[C@@H](OCc3ccccc3)[C@@H]2OCc2ccccc2)cc1. The molecule has 1 fully saturated rings. The number of hydrogen-bond donors (Lipinski definition) is 1. The first-order valence-corrected chi connectivity index (χ1v) is 17.4. The largest absolute Gasteiger partial charge is 0.368 e. The van der Waals surface area contributed by atoms with E-state index in [-0.39, 0.29) is 23.0 Å². The summed E-state index contributed by atoms with van der Waals surface area (Å²) in [6, 6.07) is 30.5. The van der Waals surface area contributed by atoms with Gasteiger partial charge in [0.05, 0.1) is 29.6 Å². The van der Waals surface area contributed by atoms with Crippen molar-refractivity contribution in [3.63, 3.8) is 0 Å². The van der Waals surface area contributed by atoms with E-state index in [2.05, 4.69) is 0 Å². The highest BCUT2D eigenvalue weighted by molar-refractivity contribution is 7.87. The lowest BCUT2D eigenvalue weighted by atomic mass is 9.98. The summed E-state index contributed by atoms with van der Waals surface area (Å²) in [6.45, 7) is 3.13. The molecule has 12 heteroatoms. The fraction of sp³-hybridized carbons (Fsp3) is 0.294. The van der Waals surface area contributed by atoms with Crippen molar-refractivity contribution in [2.45, 2.75) is 67.6 Å². The normalized spacial score (nSPS) is 22.0. The van der Waals surface area contributed by atoms with Gasteiger partial charge in [0.15, 0.2) is 12.4 Å². The summed E-state index contributed by atoms with van der Waals surface area (Å²) >= 11 is 0. The molecule has 5 atom stereocenters. The Hall–Kier alpha value is -3.46. The van der Waals surface area contributed by atoms with Gasteiger partial charge in [0, 0.05) is 0 Å². The molecule has 0 unspecified atom stereocenters. The molecule has 1 N–H and O–H groups in total. The second-order valence-electron chi connectivity index (χ2n) is 11.0. The van der Waals surface area contributed by atoms with Crippen LogP contribution in [-0.2, 0) is 56.0 Å². The van der Waals surface area contributed by atoms with Crippen LogP contribution < -0.4 is 0 Å². The molecule has 46 heavy (non-hydrogen) atoms. The van der Waals surface area contributed by atoms with E-state index >= 15 is 0 Å². The summed E-state index contributed by atoms with van der Waals surface area (Å²) in [7, 11) is -8.64. The summed E-state index contributed by atoms with van der Waals surface area (Å²) in [5.41, 5.74) is 3.27. The van der Waals surface area contributed by atoms with Crippen LogP contribution in [0.5, 0.6) is 0 Å². The first kappa shape index (κ1) is 33.9. The highest BCUT2D eigenvalue weighted by atomic mass is 32.2. The van der Waals surface area contributed by atoms with Crippen LogP contribution in [0.15, 0.2) is 119 Å². The predicted molar refractivity (Wildman–Crippen MR) is 168 cm³/mol. The molecule has 1 aliphatic heterocycles. The average Bonchev–Trinajstić information content (AvgIpc) is 3.05. The van der Waals surface area contributed by atoms with E-state index in [0.717, 1.165) is 22.3 Å². The molecule has 4 aromatic carbocycles. The highest BCUT2D eigenvalue weighted by Crippen LogP contribution is 2.32. The zero-order chi connectivity index (χ0) is 32.7. The van der Waals surface area contributed by atoms with Gasteiger partial charge in [-0.1, -0.05) is 96.1 Å². The first-order chi connectivity index (χ1) is 22.0. The van der Waals surface area contributed by atoms with Crippen molar-refractivity contribution in [1.29, 1.82) is 0 Å². The molecule has 1 saturated heterocycles. The number of hydrogen-bond acceptors (Lipinski definition) is 10. The zero-order valence-electron chi connectivity index (χ0n) is 25.3. The fourth-order valence-electron chi connectivity index (χ4n) is 4.89. The van der Waals surface area contributed by atoms with Crippen molar-refractivity contribution < 1.29 is 44.5 Å². The molecule has 0 saturated carbocycles. The number of aryl methyl sites for hydroxylation is 2. The molecular formula is C34H36O10S2. The lowest BCUT2D eigenvalue weighted by Crippen LogP contribution is -2.61. The highest BCUT2D eigenvalue weighted by Gasteiger charge is 2.50. The number of benzene rings is 4. The summed E-state index contributed by atoms with van der Waals surface area (Å²) < 4.78 is 82.2. The lowest BCUT2D eigenvalue weighted by molar-refractivity contribution is -0.297. The average molecular weight is 669 g/mol. The smallest absolute Gasteiger partial charge is 0.297 e. The molecule has 1 aliphatic rings. The minimum absolute atomic E-state index is 0.00308. The molecule has 0 spiro atoms. The summed E-state index contributed by atoms with van der Waals surface area (Å²) in [4.78, 5) is -0.179. The minimum Gasteiger partial charge on any atom is -0.368 e. The van der Waals surface area contributed by atoms with E-state index in [1.807, 2.05) is 74.5 Å². The third-order valence-electron chi connectivity index (χ3n) is 7.42. The van der Waals surface area contributed by atoms with Gasteiger partial charge in [-0.3, -0.25) is 8.37 Å². The number of ether oxygens (including phenoxy) is 3. The molecule has 0 radical (unpaired) electrons. The molecule has 0 amide bonds. The Morgan fingerprint density at radius 2 is 1.07 bits per heavy atom. The Labute approximate surface area is 269 Å². The Bertz CT molecular complexity index is 1760. The van der Waals surface area contributed by atoms with E-state index in [0.29, 0.717) is 0 Å². The minimum atomic E-state index is -4.41. The van der Waals surface area contributed by atoms with Crippen molar-refractivity contribution in [3.8, 4) is 0 Å². The molecule has 4 aromatic rings. The van der Waals surface area contributed by atoms with Crippen molar-refractivity contribution >= 4 is 20.2 Å². The quantitative estimate of drug-likeness (QED) is 0.200. The van der Waals surface area contributed by atoms with E-state index in [4.69, 9.17) is 22.6 Å². The summed E-state index contributed by atoms with van der Waals surface area (Å²) in [5.74, 6) is 0. The van der Waals surface area contributed by atoms with Gasteiger partial charge in [-0.15, -0.1) is 0 Å². The third-order valence-corrected chi connectivity index (χ3v) is 10.0. The summed E-state index contributed by atoms with van der Waals surface area (Å²) in [6.07, 6.45) is -7.03. The Balaban J connectivity index is 1.46. The van der Waals surface area contributed by atoms with Gasteiger partial charge < -0.3 is 19.3 Å². The second kappa shape index (κ2) is 15.0. The van der Waals surface area contributed by atoms with Crippen molar-refractivity contribution in [2.24, 2.45) is 0 Å².